The molecule has 4 aromatic rings. The number of rotatable bonds is 5. The Kier molecular flexibility index (Phi) is 4.58. The van der Waals surface area contributed by atoms with E-state index in [-0.39, 0.29) is 12.5 Å². The Morgan fingerprint density at radius 1 is 1.00 bits per heavy atom. The van der Waals surface area contributed by atoms with E-state index in [1.54, 1.807) is 14.0 Å². The zero-order valence-electron chi connectivity index (χ0n) is 17.5. The minimum Gasteiger partial charge on any atom is -0.497 e. The molecule has 32 heavy (non-hydrogen) atoms. The highest BCUT2D eigenvalue weighted by Crippen LogP contribution is 2.32. The van der Waals surface area contributed by atoms with Crippen molar-refractivity contribution < 1.29 is 14.3 Å². The molecule has 9 nitrogen and oxygen atoms in total. The minimum absolute atomic E-state index is 0.0487. The van der Waals surface area contributed by atoms with E-state index in [0.29, 0.717) is 11.4 Å². The molecule has 0 saturated carbocycles. The van der Waals surface area contributed by atoms with Crippen LogP contribution in [0, 0.1) is 0 Å². The molecule has 1 aromatic heterocycles. The van der Waals surface area contributed by atoms with Crippen LogP contribution in [-0.2, 0) is 16.9 Å². The lowest BCUT2D eigenvalue weighted by molar-refractivity contribution is -0.131. The number of tetrazole rings is 1. The quantitative estimate of drug-likeness (QED) is 0.491. The maximum Gasteiger partial charge on any atom is 0.325 e. The maximum absolute atomic E-state index is 13.4. The molecule has 3 amide bonds. The van der Waals surface area contributed by atoms with Crippen LogP contribution in [0.15, 0.2) is 66.7 Å². The highest BCUT2D eigenvalue weighted by Gasteiger charge is 2.49. The fourth-order valence-corrected chi connectivity index (χ4v) is 3.91. The van der Waals surface area contributed by atoms with E-state index in [1.165, 1.54) is 4.68 Å². The van der Waals surface area contributed by atoms with Gasteiger partial charge in [0.1, 0.15) is 11.3 Å². The predicted octanol–water partition coefficient (Wildman–Crippen LogP) is 2.79. The Hall–Kier alpha value is -4.27. The molecule has 0 spiro atoms. The second-order valence-electron chi connectivity index (χ2n) is 7.72. The number of aromatic nitrogens is 4. The molecule has 1 atom stereocenters. The normalized spacial score (nSPS) is 18.2. The van der Waals surface area contributed by atoms with Crippen LogP contribution in [-0.4, -0.2) is 44.2 Å². The third kappa shape index (κ3) is 3.15. The second kappa shape index (κ2) is 7.45. The Bertz CT molecular complexity index is 1340. The van der Waals surface area contributed by atoms with Crippen molar-refractivity contribution in [3.8, 4) is 11.4 Å². The maximum atomic E-state index is 13.4. The summed E-state index contributed by atoms with van der Waals surface area (Å²) in [6, 6.07) is 20.2. The third-order valence-electron chi connectivity index (χ3n) is 5.73. The van der Waals surface area contributed by atoms with Crippen LogP contribution in [0.5, 0.6) is 5.75 Å². The van der Waals surface area contributed by atoms with Crippen LogP contribution in [0.3, 0.4) is 0 Å². The monoisotopic (exact) mass is 428 g/mol. The zero-order valence-corrected chi connectivity index (χ0v) is 17.5. The Labute approximate surface area is 183 Å². The fourth-order valence-electron chi connectivity index (χ4n) is 3.91. The van der Waals surface area contributed by atoms with Gasteiger partial charge in [0.25, 0.3) is 5.91 Å². The van der Waals surface area contributed by atoms with E-state index in [2.05, 4.69) is 20.8 Å². The molecule has 1 saturated heterocycles. The number of urea groups is 1. The SMILES string of the molecule is COc1ccc2cc([C@]3(C)NC(=O)N(Cc4nnnn4-c4ccccc4)C3=O)ccc2c1. The van der Waals surface area contributed by atoms with Gasteiger partial charge in [-0.25, -0.2) is 4.79 Å². The number of hydrogen-bond acceptors (Lipinski definition) is 6. The Balaban J connectivity index is 1.45. The Morgan fingerprint density at radius 3 is 2.53 bits per heavy atom. The number of fused-ring (bicyclic) bond motifs is 1. The van der Waals surface area contributed by atoms with Gasteiger partial charge < -0.3 is 10.1 Å². The summed E-state index contributed by atoms with van der Waals surface area (Å²) in [5.41, 5.74) is 0.238. The smallest absolute Gasteiger partial charge is 0.325 e. The fraction of sp³-hybridized carbons (Fsp3) is 0.174. The number of ether oxygens (including phenoxy) is 1. The topological polar surface area (TPSA) is 102 Å². The van der Waals surface area contributed by atoms with E-state index in [0.717, 1.165) is 27.1 Å². The first kappa shape index (κ1) is 19.7. The first-order chi connectivity index (χ1) is 15.5. The standard InChI is InChI=1S/C23H20N6O3/c1-23(17-10-8-16-13-19(32-2)11-9-15(16)12-17)21(30)28(22(31)24-23)14-20-25-26-27-29(20)18-6-4-3-5-7-18/h3-13H,14H2,1-2H3,(H,24,31)/t23-/m0/s1. The van der Waals surface area contributed by atoms with Crippen LogP contribution < -0.4 is 10.1 Å². The van der Waals surface area contributed by atoms with Crippen molar-refractivity contribution in [1.29, 1.82) is 0 Å². The summed E-state index contributed by atoms with van der Waals surface area (Å²) in [5, 5.41) is 16.5. The van der Waals surface area contributed by atoms with Gasteiger partial charge in [0.15, 0.2) is 5.82 Å². The summed E-state index contributed by atoms with van der Waals surface area (Å²) in [5.74, 6) is 0.775. The van der Waals surface area contributed by atoms with Crippen LogP contribution in [0.2, 0.25) is 0 Å². The molecule has 3 aromatic carbocycles. The molecule has 2 heterocycles. The molecule has 1 N–H and O–H groups in total. The molecule has 9 heteroatoms. The van der Waals surface area contributed by atoms with Gasteiger partial charge in [-0.1, -0.05) is 36.4 Å². The lowest BCUT2D eigenvalue weighted by atomic mass is 9.90. The van der Waals surface area contributed by atoms with Gasteiger partial charge in [0.05, 0.1) is 19.3 Å². The number of methoxy groups -OCH3 is 1. The number of carbonyl (C=O) groups is 2. The van der Waals surface area contributed by atoms with E-state index in [1.807, 2.05) is 66.7 Å². The van der Waals surface area contributed by atoms with E-state index < -0.39 is 11.6 Å². The molecule has 1 aliphatic heterocycles. The minimum atomic E-state index is -1.20. The number of hydrogen-bond donors (Lipinski definition) is 1. The summed E-state index contributed by atoms with van der Waals surface area (Å²) in [6.45, 7) is 1.66. The number of nitrogens with one attached hydrogen (secondary N) is 1. The number of para-hydroxylation sites is 1. The van der Waals surface area contributed by atoms with Crippen molar-refractivity contribution in [2.45, 2.75) is 19.0 Å². The van der Waals surface area contributed by atoms with E-state index in [4.69, 9.17) is 4.74 Å². The molecule has 1 fully saturated rings. The van der Waals surface area contributed by atoms with Crippen molar-refractivity contribution in [3.05, 3.63) is 78.1 Å². The highest BCUT2D eigenvalue weighted by molar-refractivity contribution is 6.07. The lowest BCUT2D eigenvalue weighted by Crippen LogP contribution is -2.40. The summed E-state index contributed by atoms with van der Waals surface area (Å²) in [7, 11) is 1.62. The average Bonchev–Trinajstić information content (AvgIpc) is 3.37. The largest absolute Gasteiger partial charge is 0.497 e. The number of carbonyl (C=O) groups excluding carboxylic acids is 2. The van der Waals surface area contributed by atoms with Crippen LogP contribution in [0.1, 0.15) is 18.3 Å². The summed E-state index contributed by atoms with van der Waals surface area (Å²) in [4.78, 5) is 27.3. The van der Waals surface area contributed by atoms with Crippen molar-refractivity contribution in [2.75, 3.05) is 7.11 Å². The summed E-state index contributed by atoms with van der Waals surface area (Å²) >= 11 is 0. The highest BCUT2D eigenvalue weighted by atomic mass is 16.5. The molecule has 160 valence electrons. The first-order valence-corrected chi connectivity index (χ1v) is 10.0. The molecular formula is C23H20N6O3. The molecule has 1 aliphatic rings. The van der Waals surface area contributed by atoms with Crippen molar-refractivity contribution in [2.24, 2.45) is 0 Å². The van der Waals surface area contributed by atoms with Crippen LogP contribution in [0.4, 0.5) is 4.79 Å². The average molecular weight is 428 g/mol. The number of nitrogens with zero attached hydrogens (tertiary/aromatic N) is 5. The zero-order chi connectivity index (χ0) is 22.3. The Morgan fingerprint density at radius 2 is 1.75 bits per heavy atom. The van der Waals surface area contributed by atoms with Gasteiger partial charge in [-0.2, -0.15) is 4.68 Å². The first-order valence-electron chi connectivity index (χ1n) is 10.0. The second-order valence-corrected chi connectivity index (χ2v) is 7.72. The number of imide groups is 1. The van der Waals surface area contributed by atoms with E-state index >= 15 is 0 Å². The molecule has 0 radical (unpaired) electrons. The van der Waals surface area contributed by atoms with Gasteiger partial charge in [-0.05, 0) is 64.0 Å². The number of amides is 3. The molecule has 0 bridgehead atoms. The predicted molar refractivity (Wildman–Crippen MR) is 116 cm³/mol. The van der Waals surface area contributed by atoms with Gasteiger partial charge in [-0.15, -0.1) is 5.10 Å². The van der Waals surface area contributed by atoms with Crippen molar-refractivity contribution in [3.63, 3.8) is 0 Å². The third-order valence-corrected chi connectivity index (χ3v) is 5.73. The lowest BCUT2D eigenvalue weighted by Gasteiger charge is -2.22. The van der Waals surface area contributed by atoms with Crippen molar-refractivity contribution in [1.82, 2.24) is 30.4 Å². The van der Waals surface area contributed by atoms with Crippen LogP contribution >= 0.6 is 0 Å². The van der Waals surface area contributed by atoms with Gasteiger partial charge >= 0.3 is 6.03 Å². The molecule has 0 unspecified atom stereocenters. The van der Waals surface area contributed by atoms with E-state index in [9.17, 15) is 9.59 Å². The molecule has 5 rings (SSSR count). The van der Waals surface area contributed by atoms with Gasteiger partial charge in [-0.3, -0.25) is 9.69 Å². The van der Waals surface area contributed by atoms with Crippen molar-refractivity contribution >= 4 is 22.7 Å². The van der Waals surface area contributed by atoms with Crippen LogP contribution in [0.25, 0.3) is 16.5 Å². The molecule has 0 aliphatic carbocycles. The van der Waals surface area contributed by atoms with Gasteiger partial charge in [0.2, 0.25) is 0 Å². The molecular weight excluding hydrogens is 408 g/mol. The number of benzene rings is 3. The summed E-state index contributed by atoms with van der Waals surface area (Å²) in [6.07, 6.45) is 0. The van der Waals surface area contributed by atoms with Gasteiger partial charge in [0, 0.05) is 0 Å². The summed E-state index contributed by atoms with van der Waals surface area (Å²) < 4.78 is 6.79.